The number of carbonyl (C=O) groups is 2. The summed E-state index contributed by atoms with van der Waals surface area (Å²) in [7, 11) is 0. The summed E-state index contributed by atoms with van der Waals surface area (Å²) in [4.78, 5) is 26.9. The van der Waals surface area contributed by atoms with Crippen molar-refractivity contribution in [3.05, 3.63) is 101 Å². The fourth-order valence-electron chi connectivity index (χ4n) is 3.83. The third-order valence-corrected chi connectivity index (χ3v) is 5.47. The van der Waals surface area contributed by atoms with Crippen molar-refractivity contribution in [3.63, 3.8) is 0 Å². The predicted molar refractivity (Wildman–Crippen MR) is 116 cm³/mol. The first-order chi connectivity index (χ1) is 13.8. The van der Waals surface area contributed by atoms with Crippen LogP contribution in [0.1, 0.15) is 53.4 Å². The number of nitrogens with zero attached hydrogens (tertiary/aromatic N) is 1. The molecule has 0 fully saturated rings. The molecule has 3 heteroatoms. The second kappa shape index (κ2) is 7.32. The summed E-state index contributed by atoms with van der Waals surface area (Å²) >= 11 is 0. The summed E-state index contributed by atoms with van der Waals surface area (Å²) in [6.07, 6.45) is 0.680. The van der Waals surface area contributed by atoms with Crippen molar-refractivity contribution in [1.29, 1.82) is 0 Å². The summed E-state index contributed by atoms with van der Waals surface area (Å²) < 4.78 is 0. The van der Waals surface area contributed by atoms with E-state index in [2.05, 4.69) is 45.0 Å². The maximum Gasteiger partial charge on any atom is 0.299 e. The molecule has 1 aliphatic rings. The molecule has 0 atom stereocenters. The molecule has 3 nitrogen and oxygen atoms in total. The van der Waals surface area contributed by atoms with Gasteiger partial charge in [-0.05, 0) is 40.2 Å². The highest BCUT2D eigenvalue weighted by Crippen LogP contribution is 2.35. The zero-order valence-electron chi connectivity index (χ0n) is 17.1. The van der Waals surface area contributed by atoms with E-state index in [0.717, 1.165) is 22.4 Å². The number of para-hydroxylation sites is 1. The van der Waals surface area contributed by atoms with Crippen LogP contribution in [0.15, 0.2) is 72.8 Å². The lowest BCUT2D eigenvalue weighted by atomic mass is 9.86. The third kappa shape index (κ3) is 3.73. The van der Waals surface area contributed by atoms with Gasteiger partial charge in [0.25, 0.3) is 11.7 Å². The molecule has 29 heavy (non-hydrogen) atoms. The molecule has 0 radical (unpaired) electrons. The van der Waals surface area contributed by atoms with Gasteiger partial charge in [-0.1, -0.05) is 87.5 Å². The summed E-state index contributed by atoms with van der Waals surface area (Å²) in [5.74, 6) is -0.861. The van der Waals surface area contributed by atoms with E-state index in [-0.39, 0.29) is 5.41 Å². The van der Waals surface area contributed by atoms with Crippen LogP contribution in [0.5, 0.6) is 0 Å². The molecule has 4 rings (SSSR count). The predicted octanol–water partition coefficient (Wildman–Crippen LogP) is 5.30. The lowest BCUT2D eigenvalue weighted by molar-refractivity contribution is -0.114. The third-order valence-electron chi connectivity index (χ3n) is 5.47. The van der Waals surface area contributed by atoms with Crippen LogP contribution in [-0.4, -0.2) is 11.7 Å². The van der Waals surface area contributed by atoms with E-state index >= 15 is 0 Å². The molecule has 3 aromatic rings. The van der Waals surface area contributed by atoms with Gasteiger partial charge in [-0.25, -0.2) is 0 Å². The Morgan fingerprint density at radius 1 is 0.759 bits per heavy atom. The number of anilines is 1. The fourth-order valence-corrected chi connectivity index (χ4v) is 3.83. The van der Waals surface area contributed by atoms with E-state index in [4.69, 9.17) is 0 Å². The first-order valence-electron chi connectivity index (χ1n) is 9.96. The largest absolute Gasteiger partial charge is 0.300 e. The quantitative estimate of drug-likeness (QED) is 0.573. The minimum atomic E-state index is -0.445. The molecule has 1 amide bonds. The van der Waals surface area contributed by atoms with E-state index in [1.165, 1.54) is 5.56 Å². The Balaban J connectivity index is 1.68. The lowest BCUT2D eigenvalue weighted by Gasteiger charge is -2.21. The second-order valence-electron chi connectivity index (χ2n) is 8.64. The van der Waals surface area contributed by atoms with Crippen molar-refractivity contribution in [1.82, 2.24) is 0 Å². The van der Waals surface area contributed by atoms with Crippen molar-refractivity contribution >= 4 is 17.4 Å². The van der Waals surface area contributed by atoms with Gasteiger partial charge in [-0.2, -0.15) is 0 Å². The van der Waals surface area contributed by atoms with E-state index in [1.807, 2.05) is 42.5 Å². The molecule has 0 unspecified atom stereocenters. The summed E-state index contributed by atoms with van der Waals surface area (Å²) in [5, 5.41) is 0. The molecule has 0 saturated heterocycles. The van der Waals surface area contributed by atoms with Gasteiger partial charge in [0.2, 0.25) is 0 Å². The SMILES string of the molecule is CC(C)(C)c1ccc(Cc2cccc3c2N(Cc2ccccc2)C(=O)C3=O)cc1. The highest BCUT2D eigenvalue weighted by atomic mass is 16.2. The number of hydrogen-bond donors (Lipinski definition) is 0. The highest BCUT2D eigenvalue weighted by molar-refractivity contribution is 6.52. The number of rotatable bonds is 4. The van der Waals surface area contributed by atoms with Gasteiger partial charge >= 0.3 is 0 Å². The van der Waals surface area contributed by atoms with Crippen molar-refractivity contribution < 1.29 is 9.59 Å². The molecule has 146 valence electrons. The highest BCUT2D eigenvalue weighted by Gasteiger charge is 2.37. The van der Waals surface area contributed by atoms with Crippen LogP contribution < -0.4 is 4.90 Å². The smallest absolute Gasteiger partial charge is 0.299 e. The monoisotopic (exact) mass is 383 g/mol. The Hall–Kier alpha value is -3.20. The van der Waals surface area contributed by atoms with Gasteiger partial charge in [-0.15, -0.1) is 0 Å². The Bertz CT molecular complexity index is 1060. The molecule has 0 aliphatic carbocycles. The molecule has 0 N–H and O–H groups in total. The number of hydrogen-bond acceptors (Lipinski definition) is 2. The van der Waals surface area contributed by atoms with Crippen LogP contribution in [0.2, 0.25) is 0 Å². The molecular weight excluding hydrogens is 358 g/mol. The summed E-state index contributed by atoms with van der Waals surface area (Å²) in [6, 6.07) is 24.0. The molecule has 3 aromatic carbocycles. The Labute approximate surface area is 172 Å². The average Bonchev–Trinajstić information content (AvgIpc) is 2.94. The van der Waals surface area contributed by atoms with Gasteiger partial charge < -0.3 is 4.90 Å². The first kappa shape index (κ1) is 19.1. The number of fused-ring (bicyclic) bond motifs is 1. The molecule has 1 heterocycles. The van der Waals surface area contributed by atoms with Gasteiger partial charge in [-0.3, -0.25) is 9.59 Å². The minimum Gasteiger partial charge on any atom is -0.300 e. The summed E-state index contributed by atoms with van der Waals surface area (Å²) in [6.45, 7) is 7.00. The summed E-state index contributed by atoms with van der Waals surface area (Å²) in [5.41, 5.74) is 5.83. The number of Topliss-reactive ketones (excluding diaryl/α,β-unsaturated/α-hetero) is 1. The van der Waals surface area contributed by atoms with Gasteiger partial charge in [0.05, 0.1) is 17.8 Å². The zero-order chi connectivity index (χ0) is 20.6. The maximum absolute atomic E-state index is 12.7. The standard InChI is InChI=1S/C26H25NO2/c1-26(2,3)21-14-12-18(13-15-21)16-20-10-7-11-22-23(20)27(25(29)24(22)28)17-19-8-5-4-6-9-19/h4-15H,16-17H2,1-3H3. The second-order valence-corrected chi connectivity index (χ2v) is 8.64. The Morgan fingerprint density at radius 2 is 1.45 bits per heavy atom. The van der Waals surface area contributed by atoms with Crippen LogP contribution in [-0.2, 0) is 23.2 Å². The molecule has 0 bridgehead atoms. The van der Waals surface area contributed by atoms with E-state index in [0.29, 0.717) is 18.5 Å². The van der Waals surface area contributed by atoms with Crippen molar-refractivity contribution in [2.75, 3.05) is 4.90 Å². The van der Waals surface area contributed by atoms with Crippen LogP contribution in [0.4, 0.5) is 5.69 Å². The van der Waals surface area contributed by atoms with E-state index < -0.39 is 11.7 Å². The van der Waals surface area contributed by atoms with Gasteiger partial charge in [0, 0.05) is 0 Å². The Morgan fingerprint density at radius 3 is 2.10 bits per heavy atom. The number of carbonyl (C=O) groups excluding carboxylic acids is 2. The molecule has 0 spiro atoms. The zero-order valence-corrected chi connectivity index (χ0v) is 17.1. The van der Waals surface area contributed by atoms with Crippen LogP contribution in [0.25, 0.3) is 0 Å². The fraction of sp³-hybridized carbons (Fsp3) is 0.231. The number of benzene rings is 3. The van der Waals surface area contributed by atoms with E-state index in [9.17, 15) is 9.59 Å². The normalized spacial score (nSPS) is 13.7. The van der Waals surface area contributed by atoms with Crippen molar-refractivity contribution in [2.24, 2.45) is 0 Å². The Kier molecular flexibility index (Phi) is 4.83. The molecule has 0 aromatic heterocycles. The minimum absolute atomic E-state index is 0.109. The van der Waals surface area contributed by atoms with Crippen LogP contribution in [0, 0.1) is 0 Å². The van der Waals surface area contributed by atoms with Gasteiger partial charge in [0.15, 0.2) is 0 Å². The number of ketones is 1. The van der Waals surface area contributed by atoms with Crippen molar-refractivity contribution in [3.8, 4) is 0 Å². The maximum atomic E-state index is 12.7. The lowest BCUT2D eigenvalue weighted by Crippen LogP contribution is -2.29. The number of amides is 1. The topological polar surface area (TPSA) is 37.4 Å². The molecule has 0 saturated carbocycles. The first-order valence-corrected chi connectivity index (χ1v) is 9.96. The van der Waals surface area contributed by atoms with Gasteiger partial charge in [0.1, 0.15) is 0 Å². The van der Waals surface area contributed by atoms with E-state index in [1.54, 1.807) is 11.0 Å². The van der Waals surface area contributed by atoms with Crippen LogP contribution >= 0.6 is 0 Å². The van der Waals surface area contributed by atoms with Crippen molar-refractivity contribution in [2.45, 2.75) is 39.2 Å². The molecule has 1 aliphatic heterocycles. The van der Waals surface area contributed by atoms with Crippen LogP contribution in [0.3, 0.4) is 0 Å². The molecular formula is C26H25NO2. The average molecular weight is 383 g/mol.